The first-order chi connectivity index (χ1) is 11.5. The molecule has 1 aromatic carbocycles. The summed E-state index contributed by atoms with van der Waals surface area (Å²) >= 11 is 0. The normalized spacial score (nSPS) is 13.7. The lowest BCUT2D eigenvalue weighted by Crippen LogP contribution is -2.46. The highest BCUT2D eigenvalue weighted by molar-refractivity contribution is 5.96. The Morgan fingerprint density at radius 3 is 2.79 bits per heavy atom. The summed E-state index contributed by atoms with van der Waals surface area (Å²) in [7, 11) is 0. The molecule has 2 N–H and O–H groups in total. The van der Waals surface area contributed by atoms with Crippen molar-refractivity contribution in [2.75, 3.05) is 19.8 Å². The Hall–Kier alpha value is -2.83. The van der Waals surface area contributed by atoms with Gasteiger partial charge >= 0.3 is 5.97 Å². The molecule has 128 valence electrons. The van der Waals surface area contributed by atoms with E-state index in [1.165, 1.54) is 0 Å². The van der Waals surface area contributed by atoms with Crippen LogP contribution in [0.4, 0.5) is 0 Å². The summed E-state index contributed by atoms with van der Waals surface area (Å²) in [6.45, 7) is 3.45. The largest absolute Gasteiger partial charge is 0.488 e. The number of hydrogen-bond acceptors (Lipinski definition) is 5. The molecule has 1 aromatic rings. The maximum atomic E-state index is 12.0. The van der Waals surface area contributed by atoms with Crippen molar-refractivity contribution in [2.24, 2.45) is 0 Å². The predicted molar refractivity (Wildman–Crippen MR) is 87.2 cm³/mol. The summed E-state index contributed by atoms with van der Waals surface area (Å²) < 4.78 is 10.4. The minimum atomic E-state index is -0.694. The number of fused-ring (bicyclic) bond motifs is 1. The monoisotopic (exact) mass is 332 g/mol. The van der Waals surface area contributed by atoms with Crippen LogP contribution in [-0.2, 0) is 19.1 Å². The van der Waals surface area contributed by atoms with Crippen LogP contribution in [0.15, 0.2) is 29.8 Å². The second-order valence-corrected chi connectivity index (χ2v) is 5.26. The van der Waals surface area contributed by atoms with Gasteiger partial charge in [-0.3, -0.25) is 9.59 Å². The molecular formula is C17H20N2O5. The Labute approximate surface area is 140 Å². The fourth-order valence-electron chi connectivity index (χ4n) is 2.13. The van der Waals surface area contributed by atoms with E-state index >= 15 is 0 Å². The summed E-state index contributed by atoms with van der Waals surface area (Å²) in [6.07, 6.45) is 1.68. The number of esters is 1. The third kappa shape index (κ3) is 4.58. The first-order valence-electron chi connectivity index (χ1n) is 7.68. The number of carbonyl (C=O) groups is 3. The van der Waals surface area contributed by atoms with Crippen LogP contribution >= 0.6 is 0 Å². The molecule has 1 aliphatic heterocycles. The summed E-state index contributed by atoms with van der Waals surface area (Å²) in [4.78, 5) is 35.3. The minimum absolute atomic E-state index is 0.0901. The van der Waals surface area contributed by atoms with Crippen molar-refractivity contribution >= 4 is 23.9 Å². The van der Waals surface area contributed by atoms with E-state index in [0.29, 0.717) is 17.9 Å². The van der Waals surface area contributed by atoms with Gasteiger partial charge in [-0.25, -0.2) is 4.79 Å². The molecule has 7 heteroatoms. The predicted octanol–water partition coefficient (Wildman–Crippen LogP) is 0.646. The number of ether oxygens (including phenoxy) is 2. The molecule has 24 heavy (non-hydrogen) atoms. The van der Waals surface area contributed by atoms with Gasteiger partial charge in [0.05, 0.1) is 5.57 Å². The average Bonchev–Trinajstić information content (AvgIpc) is 2.59. The lowest BCUT2D eigenvalue weighted by atomic mass is 10.1. The van der Waals surface area contributed by atoms with E-state index in [2.05, 4.69) is 10.6 Å². The van der Waals surface area contributed by atoms with Crippen LogP contribution in [0.3, 0.4) is 0 Å². The quantitative estimate of drug-likeness (QED) is 0.746. The first kappa shape index (κ1) is 17.5. The van der Waals surface area contributed by atoms with Gasteiger partial charge in [0.25, 0.3) is 5.91 Å². The number of rotatable bonds is 6. The Balaban J connectivity index is 1.84. The van der Waals surface area contributed by atoms with Crippen molar-refractivity contribution in [2.45, 2.75) is 19.9 Å². The molecule has 2 amide bonds. The number of hydrogen-bond donors (Lipinski definition) is 2. The molecule has 2 rings (SSSR count). The van der Waals surface area contributed by atoms with Crippen molar-refractivity contribution in [3.05, 3.63) is 35.4 Å². The maximum absolute atomic E-state index is 12.0. The van der Waals surface area contributed by atoms with Crippen molar-refractivity contribution in [1.29, 1.82) is 0 Å². The Morgan fingerprint density at radius 2 is 2.04 bits per heavy atom. The van der Waals surface area contributed by atoms with Gasteiger partial charge in [-0.2, -0.15) is 0 Å². The molecule has 0 spiro atoms. The van der Waals surface area contributed by atoms with Gasteiger partial charge < -0.3 is 20.1 Å². The minimum Gasteiger partial charge on any atom is -0.488 e. The highest BCUT2D eigenvalue weighted by Gasteiger charge is 2.20. The fourth-order valence-corrected chi connectivity index (χ4v) is 2.13. The van der Waals surface area contributed by atoms with Crippen LogP contribution in [0.25, 0.3) is 6.08 Å². The average molecular weight is 332 g/mol. The van der Waals surface area contributed by atoms with Gasteiger partial charge in [-0.1, -0.05) is 18.2 Å². The van der Waals surface area contributed by atoms with Crippen molar-refractivity contribution in [3.63, 3.8) is 0 Å². The second kappa shape index (κ2) is 8.14. The lowest BCUT2D eigenvalue weighted by molar-refractivity contribution is -0.145. The molecule has 0 aromatic heterocycles. The van der Waals surface area contributed by atoms with E-state index in [1.54, 1.807) is 19.9 Å². The van der Waals surface area contributed by atoms with E-state index < -0.39 is 24.5 Å². The highest BCUT2D eigenvalue weighted by atomic mass is 16.5. The molecule has 0 unspecified atom stereocenters. The molecule has 7 nitrogen and oxygen atoms in total. The smallest absolute Gasteiger partial charge is 0.338 e. The number of benzene rings is 1. The van der Waals surface area contributed by atoms with Crippen molar-refractivity contribution in [1.82, 2.24) is 10.6 Å². The molecule has 0 fully saturated rings. The van der Waals surface area contributed by atoms with Gasteiger partial charge in [0.1, 0.15) is 18.4 Å². The summed E-state index contributed by atoms with van der Waals surface area (Å²) in [5, 5.41) is 5.05. The summed E-state index contributed by atoms with van der Waals surface area (Å²) in [6, 6.07) is 6.62. The zero-order valence-electron chi connectivity index (χ0n) is 13.6. The molecule has 0 aliphatic carbocycles. The Kier molecular flexibility index (Phi) is 5.95. The van der Waals surface area contributed by atoms with Crippen LogP contribution in [0, 0.1) is 0 Å². The highest BCUT2D eigenvalue weighted by Crippen LogP contribution is 2.25. The zero-order valence-corrected chi connectivity index (χ0v) is 13.6. The van der Waals surface area contributed by atoms with Crippen LogP contribution in [0.5, 0.6) is 5.75 Å². The Bertz CT molecular complexity index is 669. The van der Waals surface area contributed by atoms with Gasteiger partial charge in [0.15, 0.2) is 6.61 Å². The number of carbonyl (C=O) groups excluding carboxylic acids is 3. The third-order valence-electron chi connectivity index (χ3n) is 3.35. The number of amides is 2. The summed E-state index contributed by atoms with van der Waals surface area (Å²) in [5.74, 6) is -0.759. The van der Waals surface area contributed by atoms with Crippen molar-refractivity contribution in [3.8, 4) is 5.75 Å². The van der Waals surface area contributed by atoms with Crippen LogP contribution in [-0.4, -0.2) is 43.6 Å². The van der Waals surface area contributed by atoms with Crippen LogP contribution in [0.1, 0.15) is 19.4 Å². The number of likely N-dealkylation sites (N-methyl/N-ethyl adjacent to an activating group) is 1. The fraction of sp³-hybridized carbons (Fsp3) is 0.353. The topological polar surface area (TPSA) is 93.7 Å². The third-order valence-corrected chi connectivity index (χ3v) is 3.35. The van der Waals surface area contributed by atoms with Gasteiger partial charge in [0, 0.05) is 12.1 Å². The van der Waals surface area contributed by atoms with Crippen molar-refractivity contribution < 1.29 is 23.9 Å². The van der Waals surface area contributed by atoms with E-state index in [4.69, 9.17) is 9.47 Å². The summed E-state index contributed by atoms with van der Waals surface area (Å²) in [5.41, 5.74) is 1.11. The molecule has 1 heterocycles. The molecule has 0 saturated heterocycles. The molecule has 1 atom stereocenters. The SMILES string of the molecule is CCNC(=O)[C@H](C)NC(=O)COC(=O)C1=Cc2ccccc2OC1. The van der Waals surface area contributed by atoms with Crippen LogP contribution in [0.2, 0.25) is 0 Å². The lowest BCUT2D eigenvalue weighted by Gasteiger charge is -2.17. The van der Waals surface area contributed by atoms with Crippen LogP contribution < -0.4 is 15.4 Å². The van der Waals surface area contributed by atoms with E-state index in [1.807, 2.05) is 24.3 Å². The molecule has 0 radical (unpaired) electrons. The van der Waals surface area contributed by atoms with Gasteiger partial charge in [-0.15, -0.1) is 0 Å². The zero-order chi connectivity index (χ0) is 17.5. The molecular weight excluding hydrogens is 312 g/mol. The van der Waals surface area contributed by atoms with E-state index in [-0.39, 0.29) is 12.5 Å². The van der Waals surface area contributed by atoms with E-state index in [0.717, 1.165) is 5.56 Å². The molecule has 1 aliphatic rings. The molecule has 0 bridgehead atoms. The van der Waals surface area contributed by atoms with E-state index in [9.17, 15) is 14.4 Å². The first-order valence-corrected chi connectivity index (χ1v) is 7.68. The maximum Gasteiger partial charge on any atom is 0.338 e. The van der Waals surface area contributed by atoms with Gasteiger partial charge in [0.2, 0.25) is 5.91 Å². The number of para-hydroxylation sites is 1. The van der Waals surface area contributed by atoms with Gasteiger partial charge in [-0.05, 0) is 26.0 Å². The number of nitrogens with one attached hydrogen (secondary N) is 2. The Morgan fingerprint density at radius 1 is 1.29 bits per heavy atom. The molecule has 0 saturated carbocycles. The second-order valence-electron chi connectivity index (χ2n) is 5.26. The standard InChI is InChI=1S/C17H20N2O5/c1-3-18-16(21)11(2)19-15(20)10-24-17(22)13-8-12-6-4-5-7-14(12)23-9-13/h4-8,11H,3,9-10H2,1-2H3,(H,18,21)(H,19,20)/t11-/m0/s1.